The van der Waals surface area contributed by atoms with Crippen LogP contribution in [0.3, 0.4) is 0 Å². The van der Waals surface area contributed by atoms with Crippen molar-refractivity contribution < 1.29 is 13.2 Å². The summed E-state index contributed by atoms with van der Waals surface area (Å²) in [7, 11) is 0. The molecule has 0 atom stereocenters. The third-order valence-corrected chi connectivity index (χ3v) is 1.89. The largest absolute Gasteiger partial charge is 0.416 e. The highest BCUT2D eigenvalue weighted by Crippen LogP contribution is 2.30. The maximum absolute atomic E-state index is 12.3. The Balaban J connectivity index is 2.62. The van der Waals surface area contributed by atoms with Crippen LogP contribution < -0.4 is 5.73 Å². The number of nitrogens with two attached hydrogens (primary N) is 1. The van der Waals surface area contributed by atoms with Gasteiger partial charge in [0.05, 0.1) is 22.8 Å². The fourth-order valence-corrected chi connectivity index (χ4v) is 1.20. The van der Waals surface area contributed by atoms with Crippen LogP contribution in [0, 0.1) is 0 Å². The number of nitrogen functional groups attached to an aromatic ring is 1. The van der Waals surface area contributed by atoms with Crippen molar-refractivity contribution >= 4 is 16.9 Å². The molecule has 1 aromatic carbocycles. The van der Waals surface area contributed by atoms with Crippen LogP contribution in [0.2, 0.25) is 0 Å². The van der Waals surface area contributed by atoms with Gasteiger partial charge in [-0.25, -0.2) is 4.98 Å². The molecule has 0 aliphatic carbocycles. The van der Waals surface area contributed by atoms with E-state index in [-0.39, 0.29) is 11.3 Å². The summed E-state index contributed by atoms with van der Waals surface area (Å²) in [4.78, 5) is 7.61. The monoisotopic (exact) mass is 213 g/mol. The van der Waals surface area contributed by atoms with Crippen LogP contribution in [0.25, 0.3) is 11.0 Å². The number of alkyl halides is 3. The van der Waals surface area contributed by atoms with E-state index in [1.54, 1.807) is 0 Å². The van der Waals surface area contributed by atoms with E-state index < -0.39 is 11.7 Å². The molecule has 2 rings (SSSR count). The van der Waals surface area contributed by atoms with E-state index in [1.165, 1.54) is 12.3 Å². The molecule has 15 heavy (non-hydrogen) atoms. The Hall–Kier alpha value is -1.85. The highest BCUT2D eigenvalue weighted by Gasteiger charge is 2.30. The van der Waals surface area contributed by atoms with Crippen LogP contribution in [0.15, 0.2) is 24.4 Å². The molecule has 2 aromatic rings. The molecule has 0 aliphatic heterocycles. The van der Waals surface area contributed by atoms with Crippen LogP contribution >= 0.6 is 0 Å². The molecule has 0 fully saturated rings. The Morgan fingerprint density at radius 3 is 2.53 bits per heavy atom. The predicted octanol–water partition coefficient (Wildman–Crippen LogP) is 2.23. The minimum atomic E-state index is -4.36. The molecule has 0 spiro atoms. The van der Waals surface area contributed by atoms with E-state index >= 15 is 0 Å². The lowest BCUT2D eigenvalue weighted by atomic mass is 10.2. The summed E-state index contributed by atoms with van der Waals surface area (Å²) in [6.45, 7) is 0. The second kappa shape index (κ2) is 3.08. The first-order chi connectivity index (χ1) is 6.97. The van der Waals surface area contributed by atoms with Gasteiger partial charge in [0.15, 0.2) is 0 Å². The topological polar surface area (TPSA) is 51.8 Å². The Morgan fingerprint density at radius 2 is 1.87 bits per heavy atom. The minimum Gasteiger partial charge on any atom is -0.382 e. The van der Waals surface area contributed by atoms with Crippen LogP contribution in [-0.2, 0) is 6.18 Å². The van der Waals surface area contributed by atoms with E-state index in [1.807, 2.05) is 0 Å². The molecule has 0 unspecified atom stereocenters. The zero-order chi connectivity index (χ0) is 11.1. The highest BCUT2D eigenvalue weighted by atomic mass is 19.4. The molecule has 0 saturated carbocycles. The Labute approximate surface area is 82.8 Å². The van der Waals surface area contributed by atoms with E-state index in [4.69, 9.17) is 5.73 Å². The summed E-state index contributed by atoms with van der Waals surface area (Å²) in [5.74, 6) is 0.183. The van der Waals surface area contributed by atoms with Gasteiger partial charge in [0.25, 0.3) is 0 Å². The van der Waals surface area contributed by atoms with Crippen molar-refractivity contribution in [3.63, 3.8) is 0 Å². The van der Waals surface area contributed by atoms with Gasteiger partial charge in [-0.15, -0.1) is 0 Å². The van der Waals surface area contributed by atoms with Crippen molar-refractivity contribution in [2.45, 2.75) is 6.18 Å². The normalized spacial score (nSPS) is 11.9. The Kier molecular flexibility index (Phi) is 1.99. The predicted molar refractivity (Wildman–Crippen MR) is 49.0 cm³/mol. The molecular formula is C9H6F3N3. The molecule has 1 heterocycles. The summed E-state index contributed by atoms with van der Waals surface area (Å²) in [5.41, 5.74) is 5.14. The second-order valence-electron chi connectivity index (χ2n) is 3.00. The van der Waals surface area contributed by atoms with E-state index in [0.717, 1.165) is 12.1 Å². The van der Waals surface area contributed by atoms with Crippen LogP contribution in [0.4, 0.5) is 19.0 Å². The molecule has 0 amide bonds. The molecule has 0 radical (unpaired) electrons. The van der Waals surface area contributed by atoms with Gasteiger partial charge in [-0.2, -0.15) is 13.2 Å². The maximum atomic E-state index is 12.3. The second-order valence-corrected chi connectivity index (χ2v) is 3.00. The van der Waals surface area contributed by atoms with Crippen molar-refractivity contribution in [2.75, 3.05) is 5.73 Å². The van der Waals surface area contributed by atoms with Crippen molar-refractivity contribution in [2.24, 2.45) is 0 Å². The fourth-order valence-electron chi connectivity index (χ4n) is 1.20. The zero-order valence-electron chi connectivity index (χ0n) is 7.42. The summed E-state index contributed by atoms with van der Waals surface area (Å²) in [6.07, 6.45) is -3.14. The van der Waals surface area contributed by atoms with Gasteiger partial charge in [-0.05, 0) is 18.2 Å². The summed E-state index contributed by atoms with van der Waals surface area (Å²) in [6, 6.07) is 3.15. The van der Waals surface area contributed by atoms with Gasteiger partial charge in [0, 0.05) is 0 Å². The molecule has 1 aromatic heterocycles. The SMILES string of the molecule is Nc1cnc2cc(C(F)(F)F)ccc2n1. The van der Waals surface area contributed by atoms with Crippen molar-refractivity contribution in [1.29, 1.82) is 0 Å². The van der Waals surface area contributed by atoms with E-state index in [9.17, 15) is 13.2 Å². The lowest BCUT2D eigenvalue weighted by molar-refractivity contribution is -0.137. The average Bonchev–Trinajstić information content (AvgIpc) is 2.15. The number of anilines is 1. The average molecular weight is 213 g/mol. The third kappa shape index (κ3) is 1.83. The van der Waals surface area contributed by atoms with Crippen LogP contribution in [0.1, 0.15) is 5.56 Å². The maximum Gasteiger partial charge on any atom is 0.416 e. The molecular weight excluding hydrogens is 207 g/mol. The molecule has 0 aliphatic rings. The lowest BCUT2D eigenvalue weighted by Gasteiger charge is -2.06. The number of hydrogen-bond acceptors (Lipinski definition) is 3. The van der Waals surface area contributed by atoms with E-state index in [2.05, 4.69) is 9.97 Å². The number of halogens is 3. The van der Waals surface area contributed by atoms with Gasteiger partial charge in [0.1, 0.15) is 5.82 Å². The first kappa shape index (κ1) is 9.70. The van der Waals surface area contributed by atoms with Gasteiger partial charge in [-0.3, -0.25) is 4.98 Å². The van der Waals surface area contributed by atoms with Crippen molar-refractivity contribution in [1.82, 2.24) is 9.97 Å². The summed E-state index contributed by atoms with van der Waals surface area (Å²) in [5, 5.41) is 0. The number of fused-ring (bicyclic) bond motifs is 1. The Morgan fingerprint density at radius 1 is 1.13 bits per heavy atom. The molecule has 6 heteroatoms. The molecule has 0 saturated heterocycles. The number of aromatic nitrogens is 2. The molecule has 3 nitrogen and oxygen atoms in total. The lowest BCUT2D eigenvalue weighted by Crippen LogP contribution is -2.05. The van der Waals surface area contributed by atoms with Crippen molar-refractivity contribution in [3.8, 4) is 0 Å². The zero-order valence-corrected chi connectivity index (χ0v) is 7.42. The van der Waals surface area contributed by atoms with Gasteiger partial charge in [-0.1, -0.05) is 0 Å². The number of nitrogens with zero attached hydrogens (tertiary/aromatic N) is 2. The quantitative estimate of drug-likeness (QED) is 0.730. The molecule has 2 N–H and O–H groups in total. The molecule has 78 valence electrons. The van der Waals surface area contributed by atoms with Gasteiger partial charge in [0.2, 0.25) is 0 Å². The number of benzene rings is 1. The Bertz CT molecular complexity index is 507. The summed E-state index contributed by atoms with van der Waals surface area (Å²) >= 11 is 0. The number of hydrogen-bond donors (Lipinski definition) is 1. The van der Waals surface area contributed by atoms with Crippen molar-refractivity contribution in [3.05, 3.63) is 30.0 Å². The first-order valence-corrected chi connectivity index (χ1v) is 4.06. The summed E-state index contributed by atoms with van der Waals surface area (Å²) < 4.78 is 37.0. The first-order valence-electron chi connectivity index (χ1n) is 4.06. The highest BCUT2D eigenvalue weighted by molar-refractivity contribution is 5.76. The molecule has 0 bridgehead atoms. The van der Waals surface area contributed by atoms with E-state index in [0.29, 0.717) is 5.52 Å². The standard InChI is InChI=1S/C9H6F3N3/c10-9(11,12)5-1-2-6-7(3-5)14-4-8(13)15-6/h1-4H,(H2,13,15). The van der Waals surface area contributed by atoms with Crippen LogP contribution in [0.5, 0.6) is 0 Å². The van der Waals surface area contributed by atoms with Gasteiger partial charge >= 0.3 is 6.18 Å². The number of rotatable bonds is 0. The van der Waals surface area contributed by atoms with Crippen LogP contribution in [-0.4, -0.2) is 9.97 Å². The third-order valence-electron chi connectivity index (χ3n) is 1.89. The minimum absolute atomic E-state index is 0.180. The fraction of sp³-hybridized carbons (Fsp3) is 0.111. The smallest absolute Gasteiger partial charge is 0.382 e. The van der Waals surface area contributed by atoms with Gasteiger partial charge < -0.3 is 5.73 Å².